The smallest absolute Gasteiger partial charge is 0.412 e. The lowest BCUT2D eigenvalue weighted by Crippen LogP contribution is -2.35. The Morgan fingerprint density at radius 2 is 1.80 bits per heavy atom. The topological polar surface area (TPSA) is 41.6 Å². The Balaban J connectivity index is 1.55. The van der Waals surface area contributed by atoms with Crippen molar-refractivity contribution in [2.45, 2.75) is 18.9 Å². The predicted octanol–water partition coefficient (Wildman–Crippen LogP) is 6.22. The van der Waals surface area contributed by atoms with Gasteiger partial charge in [0.05, 0.1) is 12.2 Å². The molecular weight excluding hydrogens is 403 g/mol. The quantitative estimate of drug-likeness (QED) is 0.528. The van der Waals surface area contributed by atoms with Gasteiger partial charge in [-0.05, 0) is 54.3 Å². The summed E-state index contributed by atoms with van der Waals surface area (Å²) in [4.78, 5) is 14.8. The molecule has 154 valence electrons. The van der Waals surface area contributed by atoms with E-state index in [1.807, 2.05) is 24.3 Å². The van der Waals surface area contributed by atoms with E-state index in [1.54, 1.807) is 24.3 Å². The van der Waals surface area contributed by atoms with Gasteiger partial charge in [0.1, 0.15) is 11.9 Å². The highest BCUT2D eigenvalue weighted by molar-refractivity contribution is 6.30. The van der Waals surface area contributed by atoms with E-state index in [1.165, 1.54) is 17.7 Å². The van der Waals surface area contributed by atoms with Gasteiger partial charge in [-0.2, -0.15) is 0 Å². The van der Waals surface area contributed by atoms with Crippen LogP contribution >= 0.6 is 11.6 Å². The van der Waals surface area contributed by atoms with Gasteiger partial charge in [-0.25, -0.2) is 9.18 Å². The molecule has 6 heteroatoms. The maximum Gasteiger partial charge on any atom is 0.412 e. The highest BCUT2D eigenvalue weighted by Crippen LogP contribution is 2.30. The predicted molar refractivity (Wildman–Crippen MR) is 118 cm³/mol. The molecule has 30 heavy (non-hydrogen) atoms. The third kappa shape index (κ3) is 4.74. The zero-order valence-electron chi connectivity index (χ0n) is 16.4. The Morgan fingerprint density at radius 1 is 1.07 bits per heavy atom. The number of fused-ring (bicyclic) bond motifs is 1. The number of benzene rings is 3. The average Bonchev–Trinajstić information content (AvgIpc) is 2.76. The molecule has 4 nitrogen and oxygen atoms in total. The van der Waals surface area contributed by atoms with Crippen molar-refractivity contribution in [1.82, 2.24) is 0 Å². The van der Waals surface area contributed by atoms with Gasteiger partial charge < -0.3 is 9.64 Å². The van der Waals surface area contributed by atoms with Crippen LogP contribution in [0.5, 0.6) is 0 Å². The number of halogens is 2. The number of hydrogen-bond donors (Lipinski definition) is 1. The van der Waals surface area contributed by atoms with Gasteiger partial charge in [-0.3, -0.25) is 5.32 Å². The first-order chi connectivity index (χ1) is 14.6. The molecule has 0 aromatic heterocycles. The van der Waals surface area contributed by atoms with Crippen molar-refractivity contribution < 1.29 is 13.9 Å². The van der Waals surface area contributed by atoms with Crippen molar-refractivity contribution in [2.24, 2.45) is 0 Å². The number of amides is 1. The lowest BCUT2D eigenvalue weighted by atomic mass is 10.0. The van der Waals surface area contributed by atoms with Gasteiger partial charge >= 0.3 is 6.09 Å². The number of carbonyl (C=O) groups is 1. The minimum Gasteiger partial charge on any atom is -0.439 e. The Hall–Kier alpha value is -3.05. The van der Waals surface area contributed by atoms with E-state index in [9.17, 15) is 9.18 Å². The van der Waals surface area contributed by atoms with E-state index >= 15 is 0 Å². The summed E-state index contributed by atoms with van der Waals surface area (Å²) in [6, 6.07) is 21.5. The largest absolute Gasteiger partial charge is 0.439 e. The van der Waals surface area contributed by atoms with E-state index in [2.05, 4.69) is 22.3 Å². The van der Waals surface area contributed by atoms with Gasteiger partial charge in [-0.1, -0.05) is 54.1 Å². The zero-order chi connectivity index (χ0) is 20.9. The van der Waals surface area contributed by atoms with Gasteiger partial charge in [0.25, 0.3) is 0 Å². The van der Waals surface area contributed by atoms with Crippen molar-refractivity contribution in [3.63, 3.8) is 0 Å². The lowest BCUT2D eigenvalue weighted by Gasteiger charge is -2.34. The fourth-order valence-electron chi connectivity index (χ4n) is 3.72. The monoisotopic (exact) mass is 424 g/mol. The number of rotatable bonds is 5. The van der Waals surface area contributed by atoms with E-state index in [4.69, 9.17) is 16.3 Å². The molecule has 3 aromatic carbocycles. The Bertz CT molecular complexity index is 1030. The first-order valence-electron chi connectivity index (χ1n) is 9.90. The second-order valence-corrected chi connectivity index (χ2v) is 7.67. The van der Waals surface area contributed by atoms with Crippen molar-refractivity contribution >= 4 is 29.1 Å². The van der Waals surface area contributed by atoms with Gasteiger partial charge in [0.15, 0.2) is 0 Å². The van der Waals surface area contributed by atoms with Crippen LogP contribution in [0.25, 0.3) is 0 Å². The van der Waals surface area contributed by atoms with Gasteiger partial charge in [0, 0.05) is 17.3 Å². The number of carbonyl (C=O) groups excluding carboxylic acids is 1. The molecule has 1 N–H and O–H groups in total. The van der Waals surface area contributed by atoms with Crippen LogP contribution in [0.3, 0.4) is 0 Å². The zero-order valence-corrected chi connectivity index (χ0v) is 17.1. The highest BCUT2D eigenvalue weighted by Gasteiger charge is 2.24. The molecule has 0 saturated heterocycles. The van der Waals surface area contributed by atoms with Crippen LogP contribution in [-0.2, 0) is 11.2 Å². The molecule has 1 aliphatic rings. The molecule has 1 aliphatic heterocycles. The summed E-state index contributed by atoms with van der Waals surface area (Å²) in [5, 5.41) is 3.11. The van der Waals surface area contributed by atoms with Gasteiger partial charge in [-0.15, -0.1) is 0 Å². The van der Waals surface area contributed by atoms with Crippen molar-refractivity contribution in [3.8, 4) is 0 Å². The second kappa shape index (κ2) is 9.18. The second-order valence-electron chi connectivity index (χ2n) is 7.23. The molecular formula is C24H22ClFN2O2. The summed E-state index contributed by atoms with van der Waals surface area (Å²) in [5.41, 5.74) is 3.35. The van der Waals surface area contributed by atoms with E-state index in [0.29, 0.717) is 11.6 Å². The summed E-state index contributed by atoms with van der Waals surface area (Å²) < 4.78 is 19.7. The minimum absolute atomic E-state index is 0.0840. The molecule has 3 aromatic rings. The van der Waals surface area contributed by atoms with E-state index < -0.39 is 18.0 Å². The van der Waals surface area contributed by atoms with Crippen LogP contribution in [0.4, 0.5) is 20.6 Å². The third-order valence-corrected chi connectivity index (χ3v) is 5.45. The number of aryl methyl sites for hydroxylation is 1. The molecule has 0 radical (unpaired) electrons. The molecule has 1 unspecified atom stereocenters. The fourth-order valence-corrected chi connectivity index (χ4v) is 3.85. The number of anilines is 2. The number of nitrogens with zero attached hydrogens (tertiary/aromatic N) is 1. The van der Waals surface area contributed by atoms with E-state index in [-0.39, 0.29) is 5.69 Å². The summed E-state index contributed by atoms with van der Waals surface area (Å²) in [7, 11) is 0. The maximum atomic E-state index is 13.9. The molecule has 0 bridgehead atoms. The van der Waals surface area contributed by atoms with Crippen LogP contribution in [0.1, 0.15) is 23.7 Å². The summed E-state index contributed by atoms with van der Waals surface area (Å²) in [6.07, 6.45) is 0.823. The SMILES string of the molecule is O=C(Nc1ccccc1F)OC(CN1CCCc2ccccc21)c1ccc(Cl)cc1. The lowest BCUT2D eigenvalue weighted by molar-refractivity contribution is 0.113. The minimum atomic E-state index is -0.703. The maximum absolute atomic E-state index is 13.9. The van der Waals surface area contributed by atoms with Crippen LogP contribution < -0.4 is 10.2 Å². The van der Waals surface area contributed by atoms with Crippen molar-refractivity contribution in [1.29, 1.82) is 0 Å². The van der Waals surface area contributed by atoms with Crippen LogP contribution in [0.15, 0.2) is 72.8 Å². The number of ether oxygens (including phenoxy) is 1. The van der Waals surface area contributed by atoms with E-state index in [0.717, 1.165) is 30.6 Å². The summed E-state index contributed by atoms with van der Waals surface area (Å²) >= 11 is 6.03. The molecule has 1 amide bonds. The third-order valence-electron chi connectivity index (χ3n) is 5.19. The number of hydrogen-bond acceptors (Lipinski definition) is 3. The number of nitrogens with one attached hydrogen (secondary N) is 1. The first-order valence-corrected chi connectivity index (χ1v) is 10.3. The van der Waals surface area contributed by atoms with Crippen LogP contribution in [0, 0.1) is 5.82 Å². The fraction of sp³-hybridized carbons (Fsp3) is 0.208. The molecule has 0 spiro atoms. The van der Waals surface area contributed by atoms with Crippen molar-refractivity contribution in [2.75, 3.05) is 23.3 Å². The number of para-hydroxylation sites is 2. The molecule has 1 heterocycles. The average molecular weight is 425 g/mol. The first kappa shape index (κ1) is 20.2. The molecule has 0 saturated carbocycles. The molecule has 1 atom stereocenters. The van der Waals surface area contributed by atoms with Gasteiger partial charge in [0.2, 0.25) is 0 Å². The Kier molecular flexibility index (Phi) is 6.19. The Morgan fingerprint density at radius 3 is 2.60 bits per heavy atom. The van der Waals surface area contributed by atoms with Crippen LogP contribution in [0.2, 0.25) is 5.02 Å². The van der Waals surface area contributed by atoms with Crippen molar-refractivity contribution in [3.05, 3.63) is 94.8 Å². The standard InChI is InChI=1S/C24H22ClFN2O2/c25-19-13-11-18(12-14-19)23(30-24(29)27-21-9-3-2-8-20(21)26)16-28-15-5-7-17-6-1-4-10-22(17)28/h1-4,6,8-14,23H,5,7,15-16H2,(H,27,29). The molecule has 0 fully saturated rings. The Labute approximate surface area is 180 Å². The summed E-state index contributed by atoms with van der Waals surface area (Å²) in [5.74, 6) is -0.512. The normalized spacial score (nSPS) is 14.0. The molecule has 4 rings (SSSR count). The highest BCUT2D eigenvalue weighted by atomic mass is 35.5. The molecule has 0 aliphatic carbocycles. The summed E-state index contributed by atoms with van der Waals surface area (Å²) in [6.45, 7) is 1.36. The van der Waals surface area contributed by atoms with Crippen LogP contribution in [-0.4, -0.2) is 19.2 Å².